The average molecular weight is 169 g/mol. The molecule has 2 nitrogen and oxygen atoms in total. The van der Waals surface area contributed by atoms with Crippen molar-refractivity contribution < 1.29 is 9.50 Å². The van der Waals surface area contributed by atoms with Crippen LogP contribution in [0.2, 0.25) is 0 Å². The summed E-state index contributed by atoms with van der Waals surface area (Å²) < 4.78 is 12.6. The first-order valence-corrected chi connectivity index (χ1v) is 3.91. The number of hydrogen-bond acceptors (Lipinski definition) is 2. The summed E-state index contributed by atoms with van der Waals surface area (Å²) in [5.74, 6) is -0.554. The smallest absolute Gasteiger partial charge is 0.213 e. The van der Waals surface area contributed by atoms with Crippen LogP contribution in [-0.4, -0.2) is 10.1 Å². The van der Waals surface area contributed by atoms with Crippen LogP contribution in [0.5, 0.6) is 0 Å². The van der Waals surface area contributed by atoms with E-state index < -0.39 is 11.5 Å². The number of rotatable bonds is 2. The van der Waals surface area contributed by atoms with Gasteiger partial charge in [0.05, 0.1) is 5.69 Å². The highest BCUT2D eigenvalue weighted by Crippen LogP contribution is 2.21. The maximum absolute atomic E-state index is 12.6. The molecule has 0 saturated carbocycles. The fraction of sp³-hybridized carbons (Fsp3) is 0.444. The van der Waals surface area contributed by atoms with Crippen molar-refractivity contribution in [3.63, 3.8) is 0 Å². The maximum atomic E-state index is 12.6. The number of hydrogen-bond donors (Lipinski definition) is 1. The molecule has 1 atom stereocenters. The summed E-state index contributed by atoms with van der Waals surface area (Å²) in [6, 6.07) is 4.42. The van der Waals surface area contributed by atoms with Crippen molar-refractivity contribution in [3.8, 4) is 0 Å². The highest BCUT2D eigenvalue weighted by Gasteiger charge is 2.21. The van der Waals surface area contributed by atoms with Crippen molar-refractivity contribution in [2.75, 3.05) is 0 Å². The lowest BCUT2D eigenvalue weighted by Crippen LogP contribution is -2.21. The van der Waals surface area contributed by atoms with Gasteiger partial charge in [-0.15, -0.1) is 0 Å². The molecule has 0 aliphatic carbocycles. The van der Waals surface area contributed by atoms with Gasteiger partial charge in [-0.1, -0.05) is 13.0 Å². The lowest BCUT2D eigenvalue weighted by molar-refractivity contribution is 0.0477. The molecule has 0 radical (unpaired) electrons. The van der Waals surface area contributed by atoms with Gasteiger partial charge in [0.25, 0.3) is 0 Å². The summed E-state index contributed by atoms with van der Waals surface area (Å²) >= 11 is 0. The van der Waals surface area contributed by atoms with E-state index in [1.165, 1.54) is 6.07 Å². The zero-order chi connectivity index (χ0) is 9.19. The zero-order valence-electron chi connectivity index (χ0n) is 7.21. The summed E-state index contributed by atoms with van der Waals surface area (Å²) in [6.07, 6.45) is 0.517. The van der Waals surface area contributed by atoms with E-state index in [-0.39, 0.29) is 0 Å². The molecule has 0 spiro atoms. The molecular weight excluding hydrogens is 157 g/mol. The molecule has 1 aromatic heterocycles. The fourth-order valence-corrected chi connectivity index (χ4v) is 0.889. The Morgan fingerprint density at radius 2 is 2.25 bits per heavy atom. The highest BCUT2D eigenvalue weighted by molar-refractivity contribution is 5.11. The minimum Gasteiger partial charge on any atom is -0.384 e. The van der Waals surface area contributed by atoms with Crippen LogP contribution in [0.1, 0.15) is 26.0 Å². The molecule has 0 aliphatic rings. The number of pyridine rings is 1. The predicted octanol–water partition coefficient (Wildman–Crippen LogP) is 1.84. The molecule has 1 heterocycles. The monoisotopic (exact) mass is 169 g/mol. The third kappa shape index (κ3) is 1.80. The second kappa shape index (κ2) is 3.19. The van der Waals surface area contributed by atoms with Gasteiger partial charge < -0.3 is 5.11 Å². The minimum absolute atomic E-state index is 0.380. The minimum atomic E-state index is -1.03. The SMILES string of the molecule is CCC(C)(O)c1cccc(F)n1. The molecule has 66 valence electrons. The quantitative estimate of drug-likeness (QED) is 0.685. The molecular formula is C9H12FNO. The third-order valence-corrected chi connectivity index (χ3v) is 1.96. The van der Waals surface area contributed by atoms with Gasteiger partial charge in [0.2, 0.25) is 5.95 Å². The van der Waals surface area contributed by atoms with Gasteiger partial charge in [-0.25, -0.2) is 4.98 Å². The van der Waals surface area contributed by atoms with Gasteiger partial charge in [0.15, 0.2) is 0 Å². The molecule has 0 saturated heterocycles. The Morgan fingerprint density at radius 1 is 1.58 bits per heavy atom. The molecule has 0 aromatic carbocycles. The summed E-state index contributed by atoms with van der Waals surface area (Å²) in [5, 5.41) is 9.69. The third-order valence-electron chi connectivity index (χ3n) is 1.96. The second-order valence-corrected chi connectivity index (χ2v) is 2.97. The number of aromatic nitrogens is 1. The molecule has 3 heteroatoms. The molecule has 1 aromatic rings. The van der Waals surface area contributed by atoms with Crippen LogP contribution in [0.4, 0.5) is 4.39 Å². The Bertz CT molecular complexity index is 273. The van der Waals surface area contributed by atoms with Crippen molar-refractivity contribution in [1.82, 2.24) is 4.98 Å². The van der Waals surface area contributed by atoms with Gasteiger partial charge in [-0.2, -0.15) is 4.39 Å². The predicted molar refractivity (Wildman–Crippen MR) is 44.1 cm³/mol. The first-order valence-electron chi connectivity index (χ1n) is 3.91. The lowest BCUT2D eigenvalue weighted by Gasteiger charge is -2.19. The summed E-state index contributed by atoms with van der Waals surface area (Å²) in [7, 11) is 0. The van der Waals surface area contributed by atoms with E-state index in [0.29, 0.717) is 12.1 Å². The van der Waals surface area contributed by atoms with Gasteiger partial charge in [-0.3, -0.25) is 0 Å². The Kier molecular flexibility index (Phi) is 2.43. The van der Waals surface area contributed by atoms with E-state index in [4.69, 9.17) is 0 Å². The van der Waals surface area contributed by atoms with Crippen molar-refractivity contribution in [1.29, 1.82) is 0 Å². The first-order chi connectivity index (χ1) is 5.56. The van der Waals surface area contributed by atoms with E-state index in [1.54, 1.807) is 19.1 Å². The van der Waals surface area contributed by atoms with Crippen molar-refractivity contribution in [2.24, 2.45) is 0 Å². The Labute approximate surface area is 71.1 Å². The molecule has 1 rings (SSSR count). The van der Waals surface area contributed by atoms with Gasteiger partial charge in [0.1, 0.15) is 5.60 Å². The van der Waals surface area contributed by atoms with Gasteiger partial charge in [-0.05, 0) is 25.5 Å². The molecule has 0 amide bonds. The zero-order valence-corrected chi connectivity index (χ0v) is 7.21. The van der Waals surface area contributed by atoms with E-state index in [2.05, 4.69) is 4.98 Å². The fourth-order valence-electron chi connectivity index (χ4n) is 0.889. The average Bonchev–Trinajstić information content (AvgIpc) is 2.05. The van der Waals surface area contributed by atoms with E-state index in [1.807, 2.05) is 6.92 Å². The van der Waals surface area contributed by atoms with Crippen LogP contribution >= 0.6 is 0 Å². The summed E-state index contributed by atoms with van der Waals surface area (Å²) in [4.78, 5) is 3.60. The van der Waals surface area contributed by atoms with Crippen molar-refractivity contribution in [2.45, 2.75) is 25.9 Å². The number of nitrogens with zero attached hydrogens (tertiary/aromatic N) is 1. The summed E-state index contributed by atoms with van der Waals surface area (Å²) in [6.45, 7) is 3.45. The topological polar surface area (TPSA) is 33.1 Å². The number of aliphatic hydroxyl groups is 1. The molecule has 1 N–H and O–H groups in total. The van der Waals surface area contributed by atoms with E-state index >= 15 is 0 Å². The summed E-state index contributed by atoms with van der Waals surface area (Å²) in [5.41, 5.74) is -0.646. The van der Waals surface area contributed by atoms with E-state index in [0.717, 1.165) is 0 Å². The Balaban J connectivity index is 3.03. The van der Waals surface area contributed by atoms with Crippen LogP contribution in [-0.2, 0) is 5.60 Å². The van der Waals surface area contributed by atoms with Gasteiger partial charge >= 0.3 is 0 Å². The Hall–Kier alpha value is -0.960. The van der Waals surface area contributed by atoms with E-state index in [9.17, 15) is 9.50 Å². The molecule has 1 unspecified atom stereocenters. The molecule has 12 heavy (non-hydrogen) atoms. The van der Waals surface area contributed by atoms with Crippen molar-refractivity contribution in [3.05, 3.63) is 29.8 Å². The van der Waals surface area contributed by atoms with Crippen LogP contribution < -0.4 is 0 Å². The first kappa shape index (κ1) is 9.13. The Morgan fingerprint density at radius 3 is 2.75 bits per heavy atom. The van der Waals surface area contributed by atoms with Crippen LogP contribution in [0.3, 0.4) is 0 Å². The van der Waals surface area contributed by atoms with Gasteiger partial charge in [0, 0.05) is 0 Å². The van der Waals surface area contributed by atoms with Crippen LogP contribution in [0, 0.1) is 5.95 Å². The number of halogens is 1. The van der Waals surface area contributed by atoms with Crippen LogP contribution in [0.25, 0.3) is 0 Å². The molecule has 0 bridgehead atoms. The van der Waals surface area contributed by atoms with Crippen LogP contribution in [0.15, 0.2) is 18.2 Å². The maximum Gasteiger partial charge on any atom is 0.213 e. The lowest BCUT2D eigenvalue weighted by atomic mass is 9.99. The standard InChI is InChI=1S/C9H12FNO/c1-3-9(2,12)7-5-4-6-8(10)11-7/h4-6,12H,3H2,1-2H3. The largest absolute Gasteiger partial charge is 0.384 e. The highest BCUT2D eigenvalue weighted by atomic mass is 19.1. The normalized spacial score (nSPS) is 15.7. The molecule has 0 aliphatic heterocycles. The molecule has 0 fully saturated rings. The van der Waals surface area contributed by atoms with Crippen molar-refractivity contribution >= 4 is 0 Å². The second-order valence-electron chi connectivity index (χ2n) is 2.97.